The Morgan fingerprint density at radius 3 is 2.18 bits per heavy atom. The van der Waals surface area contributed by atoms with Gasteiger partial charge in [0.25, 0.3) is 5.56 Å². The molecule has 0 radical (unpaired) electrons. The van der Waals surface area contributed by atoms with E-state index < -0.39 is 0 Å². The highest BCUT2D eigenvalue weighted by molar-refractivity contribution is 5.82. The maximum atomic E-state index is 13.2. The summed E-state index contributed by atoms with van der Waals surface area (Å²) in [6.45, 7) is 6.10. The van der Waals surface area contributed by atoms with Crippen molar-refractivity contribution in [2.45, 2.75) is 40.0 Å². The van der Waals surface area contributed by atoms with Gasteiger partial charge in [-0.1, -0.05) is 35.9 Å². The van der Waals surface area contributed by atoms with E-state index in [-0.39, 0.29) is 5.56 Å². The molecule has 0 amide bonds. The van der Waals surface area contributed by atoms with Crippen molar-refractivity contribution in [2.24, 2.45) is 0 Å². The summed E-state index contributed by atoms with van der Waals surface area (Å²) < 4.78 is 12.4. The van der Waals surface area contributed by atoms with E-state index in [1.165, 1.54) is 0 Å². The van der Waals surface area contributed by atoms with Crippen molar-refractivity contribution in [3.8, 4) is 11.5 Å². The molecule has 1 N–H and O–H groups in total. The number of aromatic amines is 1. The van der Waals surface area contributed by atoms with Crippen LogP contribution in [0.4, 0.5) is 0 Å². The van der Waals surface area contributed by atoms with Crippen LogP contribution in [0.1, 0.15) is 33.6 Å². The van der Waals surface area contributed by atoms with Crippen LogP contribution in [0, 0.1) is 13.8 Å². The third-order valence-electron chi connectivity index (χ3n) is 6.79. The van der Waals surface area contributed by atoms with Gasteiger partial charge in [-0.05, 0) is 82.7 Å². The Kier molecular flexibility index (Phi) is 7.69. The fourth-order valence-corrected chi connectivity index (χ4v) is 4.81. The Morgan fingerprint density at radius 1 is 0.846 bits per heavy atom. The van der Waals surface area contributed by atoms with E-state index in [1.54, 1.807) is 18.9 Å². The highest BCUT2D eigenvalue weighted by atomic mass is 16.5. The van der Waals surface area contributed by atoms with Crippen molar-refractivity contribution in [3.63, 3.8) is 0 Å². The maximum absolute atomic E-state index is 13.2. The number of H-pyrrole nitrogens is 1. The average molecular weight is 525 g/mol. The van der Waals surface area contributed by atoms with E-state index in [9.17, 15) is 4.79 Å². The van der Waals surface area contributed by atoms with Gasteiger partial charge in [-0.3, -0.25) is 9.69 Å². The van der Waals surface area contributed by atoms with E-state index in [2.05, 4.69) is 44.5 Å². The van der Waals surface area contributed by atoms with Crippen molar-refractivity contribution >= 4 is 10.9 Å². The molecule has 0 saturated carbocycles. The number of fused-ring (bicyclic) bond motifs is 1. The molecule has 5 rings (SSSR count). The van der Waals surface area contributed by atoms with Gasteiger partial charge in [0.15, 0.2) is 5.82 Å². The normalized spacial score (nSPS) is 11.3. The van der Waals surface area contributed by atoms with E-state index in [4.69, 9.17) is 9.47 Å². The summed E-state index contributed by atoms with van der Waals surface area (Å²) in [5, 5.41) is 13.5. The number of pyridine rings is 1. The van der Waals surface area contributed by atoms with Gasteiger partial charge < -0.3 is 14.5 Å². The number of hydrogen-bond acceptors (Lipinski definition) is 7. The summed E-state index contributed by atoms with van der Waals surface area (Å²) in [6.07, 6.45) is 0. The Morgan fingerprint density at radius 2 is 1.51 bits per heavy atom. The van der Waals surface area contributed by atoms with E-state index in [1.807, 2.05) is 61.5 Å². The fourth-order valence-electron chi connectivity index (χ4n) is 4.81. The molecule has 200 valence electrons. The first-order chi connectivity index (χ1) is 18.9. The number of hydrogen-bond donors (Lipinski definition) is 1. The smallest absolute Gasteiger partial charge is 0.252 e. The lowest BCUT2D eigenvalue weighted by Crippen LogP contribution is -2.28. The minimum Gasteiger partial charge on any atom is -0.497 e. The van der Waals surface area contributed by atoms with Crippen LogP contribution < -0.4 is 15.0 Å². The summed E-state index contributed by atoms with van der Waals surface area (Å²) in [5.74, 6) is 2.31. The first-order valence-corrected chi connectivity index (χ1v) is 12.8. The van der Waals surface area contributed by atoms with Crippen LogP contribution in [0.5, 0.6) is 11.5 Å². The van der Waals surface area contributed by atoms with E-state index in [0.717, 1.165) is 44.7 Å². The van der Waals surface area contributed by atoms with Gasteiger partial charge in [0, 0.05) is 18.7 Å². The highest BCUT2D eigenvalue weighted by Crippen LogP contribution is 2.21. The molecule has 0 saturated heterocycles. The molecule has 0 aliphatic rings. The van der Waals surface area contributed by atoms with Crippen LogP contribution >= 0.6 is 0 Å². The van der Waals surface area contributed by atoms with Gasteiger partial charge in [0.2, 0.25) is 0 Å². The molecule has 0 fully saturated rings. The van der Waals surface area contributed by atoms with Gasteiger partial charge >= 0.3 is 0 Å². The molecule has 3 aromatic carbocycles. The van der Waals surface area contributed by atoms with Crippen molar-refractivity contribution in [3.05, 3.63) is 111 Å². The zero-order valence-corrected chi connectivity index (χ0v) is 22.6. The lowest BCUT2D eigenvalue weighted by molar-refractivity contribution is 0.236. The molecule has 0 unspecified atom stereocenters. The molecule has 9 nitrogen and oxygen atoms in total. The minimum absolute atomic E-state index is 0.0907. The number of nitrogens with one attached hydrogen (secondary N) is 1. The summed E-state index contributed by atoms with van der Waals surface area (Å²) in [4.78, 5) is 18.4. The number of aromatic nitrogens is 5. The number of ether oxygens (including phenoxy) is 2. The molecule has 5 aromatic rings. The Hall–Kier alpha value is -4.50. The Bertz CT molecular complexity index is 1620. The van der Waals surface area contributed by atoms with Gasteiger partial charge in [-0.25, -0.2) is 4.68 Å². The molecule has 9 heteroatoms. The molecule has 0 atom stereocenters. The molecule has 0 aliphatic heterocycles. The van der Waals surface area contributed by atoms with E-state index in [0.29, 0.717) is 37.6 Å². The van der Waals surface area contributed by atoms with Crippen LogP contribution in [0.25, 0.3) is 10.9 Å². The Balaban J connectivity index is 1.44. The standard InChI is InChI=1S/C30H32N6O3/c1-20-13-21(2)29-24(14-20)15-25(30(37)31-29)18-35(16-22-5-9-26(38-3)10-6-22)19-28-32-33-34-36(28)17-23-7-11-27(39-4)12-8-23/h5-15H,16-19H2,1-4H3,(H,31,37). The first-order valence-electron chi connectivity index (χ1n) is 12.8. The van der Waals surface area contributed by atoms with Gasteiger partial charge in [-0.2, -0.15) is 0 Å². The van der Waals surface area contributed by atoms with Crippen LogP contribution in [-0.4, -0.2) is 44.3 Å². The second kappa shape index (κ2) is 11.5. The molecule has 39 heavy (non-hydrogen) atoms. The number of rotatable bonds is 10. The highest BCUT2D eigenvalue weighted by Gasteiger charge is 2.17. The number of aryl methyl sites for hydroxylation is 2. The number of benzene rings is 3. The first kappa shape index (κ1) is 26.1. The quantitative estimate of drug-likeness (QED) is 0.289. The molecular formula is C30H32N6O3. The lowest BCUT2D eigenvalue weighted by atomic mass is 10.0. The molecule has 0 spiro atoms. The van der Waals surface area contributed by atoms with Crippen molar-refractivity contribution < 1.29 is 9.47 Å². The van der Waals surface area contributed by atoms with E-state index >= 15 is 0 Å². The summed E-state index contributed by atoms with van der Waals surface area (Å²) in [7, 11) is 3.30. The SMILES string of the molecule is COc1ccc(CN(Cc2cc3cc(C)cc(C)c3[nH]c2=O)Cc2nnnn2Cc2ccc(OC)cc2)cc1. The molecular weight excluding hydrogens is 492 g/mol. The zero-order chi connectivity index (χ0) is 27.4. The van der Waals surface area contributed by atoms with Crippen LogP contribution in [-0.2, 0) is 26.2 Å². The fraction of sp³-hybridized carbons (Fsp3) is 0.267. The van der Waals surface area contributed by atoms with Gasteiger partial charge in [0.05, 0.1) is 32.8 Å². The number of tetrazole rings is 1. The van der Waals surface area contributed by atoms with Crippen LogP contribution in [0.3, 0.4) is 0 Å². The van der Waals surface area contributed by atoms with Gasteiger partial charge in [0.1, 0.15) is 11.5 Å². The average Bonchev–Trinajstić information content (AvgIpc) is 3.36. The minimum atomic E-state index is -0.0907. The summed E-state index contributed by atoms with van der Waals surface area (Å²) in [6, 6.07) is 22.0. The van der Waals surface area contributed by atoms with Crippen LogP contribution in [0.2, 0.25) is 0 Å². The van der Waals surface area contributed by atoms with Gasteiger partial charge in [-0.15, -0.1) is 5.10 Å². The van der Waals surface area contributed by atoms with Crippen molar-refractivity contribution in [1.29, 1.82) is 0 Å². The summed E-state index contributed by atoms with van der Waals surface area (Å²) in [5.41, 5.74) is 5.84. The predicted octanol–water partition coefficient (Wildman–Crippen LogP) is 4.40. The third kappa shape index (κ3) is 6.15. The molecule has 0 aliphatic carbocycles. The number of methoxy groups -OCH3 is 2. The second-order valence-electron chi connectivity index (χ2n) is 9.76. The van der Waals surface area contributed by atoms with Crippen molar-refractivity contribution in [2.75, 3.05) is 14.2 Å². The zero-order valence-electron chi connectivity index (χ0n) is 22.6. The number of nitrogens with zero attached hydrogens (tertiary/aromatic N) is 5. The Labute approximate surface area is 227 Å². The largest absolute Gasteiger partial charge is 0.497 e. The topological polar surface area (TPSA) is 98.2 Å². The predicted molar refractivity (Wildman–Crippen MR) is 150 cm³/mol. The van der Waals surface area contributed by atoms with Crippen molar-refractivity contribution in [1.82, 2.24) is 30.1 Å². The molecule has 2 heterocycles. The maximum Gasteiger partial charge on any atom is 0.252 e. The van der Waals surface area contributed by atoms with Crippen LogP contribution in [0.15, 0.2) is 71.5 Å². The molecule has 0 bridgehead atoms. The summed E-state index contributed by atoms with van der Waals surface area (Å²) >= 11 is 0. The lowest BCUT2D eigenvalue weighted by Gasteiger charge is -2.22. The monoisotopic (exact) mass is 524 g/mol. The second-order valence-corrected chi connectivity index (χ2v) is 9.76. The molecule has 2 aromatic heterocycles. The third-order valence-corrected chi connectivity index (χ3v) is 6.79.